The molecule has 3 N–H and O–H groups in total. The van der Waals surface area contributed by atoms with Gasteiger partial charge in [0, 0.05) is 44.1 Å². The maximum Gasteiger partial charge on any atom is 0.252 e. The van der Waals surface area contributed by atoms with Crippen LogP contribution in [-0.4, -0.2) is 62.3 Å². The lowest BCUT2D eigenvalue weighted by atomic mass is 9.86. The molecule has 1 fully saturated rings. The Bertz CT molecular complexity index is 789. The number of aromatic amines is 1. The second kappa shape index (κ2) is 8.33. The van der Waals surface area contributed by atoms with Gasteiger partial charge in [0.05, 0.1) is 12.8 Å². The number of nitrogens with one attached hydrogen (secondary N) is 3. The number of H-pyrrole nitrogens is 1. The van der Waals surface area contributed by atoms with Gasteiger partial charge in [-0.1, -0.05) is 12.1 Å². The minimum atomic E-state index is -0.126. The van der Waals surface area contributed by atoms with Crippen molar-refractivity contribution in [3.63, 3.8) is 0 Å². The third-order valence-corrected chi connectivity index (χ3v) is 4.73. The fourth-order valence-corrected chi connectivity index (χ4v) is 3.36. The molecule has 2 heterocycles. The van der Waals surface area contributed by atoms with Gasteiger partial charge < -0.3 is 20.3 Å². The van der Waals surface area contributed by atoms with E-state index in [2.05, 4.69) is 37.6 Å². The van der Waals surface area contributed by atoms with Crippen molar-refractivity contribution >= 4 is 5.95 Å². The Balaban J connectivity index is 1.82. The smallest absolute Gasteiger partial charge is 0.252 e. The van der Waals surface area contributed by atoms with Crippen molar-refractivity contribution in [3.05, 3.63) is 51.9 Å². The maximum atomic E-state index is 12.1. The van der Waals surface area contributed by atoms with E-state index in [9.17, 15) is 4.79 Å². The monoisotopic (exact) mass is 357 g/mol. The number of nitrogens with zero attached hydrogens (tertiary/aromatic N) is 2. The van der Waals surface area contributed by atoms with Crippen LogP contribution in [0, 0.1) is 0 Å². The van der Waals surface area contributed by atoms with Gasteiger partial charge in [-0.25, -0.2) is 4.98 Å². The number of benzene rings is 1. The van der Waals surface area contributed by atoms with Gasteiger partial charge in [0.25, 0.3) is 5.56 Å². The zero-order valence-corrected chi connectivity index (χ0v) is 15.6. The minimum Gasteiger partial charge on any atom is -0.497 e. The molecule has 26 heavy (non-hydrogen) atoms. The number of aromatic nitrogens is 2. The molecule has 7 nitrogen and oxygen atoms in total. The highest BCUT2D eigenvalue weighted by molar-refractivity contribution is 5.35. The van der Waals surface area contributed by atoms with Gasteiger partial charge in [0.2, 0.25) is 5.95 Å². The zero-order valence-electron chi connectivity index (χ0n) is 15.6. The van der Waals surface area contributed by atoms with E-state index in [1.807, 2.05) is 26.2 Å². The highest BCUT2D eigenvalue weighted by Gasteiger charge is 2.31. The van der Waals surface area contributed by atoms with Crippen LogP contribution >= 0.6 is 0 Å². The molecule has 0 unspecified atom stereocenters. The summed E-state index contributed by atoms with van der Waals surface area (Å²) in [5.41, 5.74) is 1.89. The molecule has 1 aromatic heterocycles. The Morgan fingerprint density at radius 3 is 2.85 bits per heavy atom. The normalized spacial score (nSPS) is 19.7. The van der Waals surface area contributed by atoms with E-state index in [1.165, 1.54) is 5.56 Å². The number of ether oxygens (including phenoxy) is 1. The average Bonchev–Trinajstić information content (AvgIpc) is 3.11. The molecular formula is C19H27N5O2. The molecule has 140 valence electrons. The topological polar surface area (TPSA) is 82.3 Å². The van der Waals surface area contributed by atoms with Gasteiger partial charge in [-0.05, 0) is 31.8 Å². The third-order valence-electron chi connectivity index (χ3n) is 4.73. The second-order valence-electron chi connectivity index (χ2n) is 6.90. The fourth-order valence-electron chi connectivity index (χ4n) is 3.36. The first-order valence-electron chi connectivity index (χ1n) is 8.91. The Labute approximate surface area is 153 Å². The molecule has 0 radical (unpaired) electrons. The molecule has 1 aromatic carbocycles. The van der Waals surface area contributed by atoms with Crippen LogP contribution in [0.5, 0.6) is 5.75 Å². The van der Waals surface area contributed by atoms with Gasteiger partial charge >= 0.3 is 0 Å². The lowest BCUT2D eigenvalue weighted by Gasteiger charge is -2.19. The molecule has 0 spiro atoms. The number of methoxy groups -OCH3 is 1. The molecule has 1 aliphatic rings. The minimum absolute atomic E-state index is 0.126. The lowest BCUT2D eigenvalue weighted by molar-refractivity contribution is 0.413. The Kier molecular flexibility index (Phi) is 5.90. The molecule has 0 saturated carbocycles. The van der Waals surface area contributed by atoms with Crippen molar-refractivity contribution in [2.45, 2.75) is 11.8 Å². The molecule has 2 aromatic rings. The summed E-state index contributed by atoms with van der Waals surface area (Å²) in [6, 6.07) is 9.73. The largest absolute Gasteiger partial charge is 0.497 e. The van der Waals surface area contributed by atoms with Crippen molar-refractivity contribution in [1.82, 2.24) is 20.2 Å². The van der Waals surface area contributed by atoms with E-state index < -0.39 is 0 Å². The summed E-state index contributed by atoms with van der Waals surface area (Å²) in [4.78, 5) is 21.7. The molecule has 0 amide bonds. The summed E-state index contributed by atoms with van der Waals surface area (Å²) in [5.74, 6) is 1.79. The summed E-state index contributed by atoms with van der Waals surface area (Å²) >= 11 is 0. The molecule has 7 heteroatoms. The average molecular weight is 357 g/mol. The van der Waals surface area contributed by atoms with E-state index in [4.69, 9.17) is 4.74 Å². The number of likely N-dealkylation sites (N-methyl/N-ethyl adjacent to an activating group) is 1. The third kappa shape index (κ3) is 4.42. The fraction of sp³-hybridized carbons (Fsp3) is 0.474. The first-order valence-corrected chi connectivity index (χ1v) is 8.91. The highest BCUT2D eigenvalue weighted by atomic mass is 16.5. The molecular weight excluding hydrogens is 330 g/mol. The first kappa shape index (κ1) is 18.4. The van der Waals surface area contributed by atoms with Crippen LogP contribution in [0.1, 0.15) is 23.1 Å². The summed E-state index contributed by atoms with van der Waals surface area (Å²) in [6.45, 7) is 3.25. The molecule has 0 aliphatic carbocycles. The first-order chi connectivity index (χ1) is 12.6. The van der Waals surface area contributed by atoms with Gasteiger partial charge in [-0.2, -0.15) is 0 Å². The van der Waals surface area contributed by atoms with Crippen LogP contribution in [0.3, 0.4) is 0 Å². The van der Waals surface area contributed by atoms with E-state index in [-0.39, 0.29) is 17.4 Å². The number of rotatable bonds is 7. The number of hydrogen-bond acceptors (Lipinski definition) is 6. The summed E-state index contributed by atoms with van der Waals surface area (Å²) < 4.78 is 5.35. The van der Waals surface area contributed by atoms with Crippen molar-refractivity contribution in [1.29, 1.82) is 0 Å². The van der Waals surface area contributed by atoms with E-state index in [0.717, 1.165) is 37.6 Å². The second-order valence-corrected chi connectivity index (χ2v) is 6.90. The summed E-state index contributed by atoms with van der Waals surface area (Å²) in [5, 5.41) is 6.64. The number of anilines is 1. The van der Waals surface area contributed by atoms with Crippen molar-refractivity contribution in [2.24, 2.45) is 0 Å². The molecule has 0 bridgehead atoms. The molecule has 2 atom stereocenters. The maximum absolute atomic E-state index is 12.1. The van der Waals surface area contributed by atoms with Crippen molar-refractivity contribution < 1.29 is 4.74 Å². The summed E-state index contributed by atoms with van der Waals surface area (Å²) in [6.07, 6.45) is 0. The standard InChI is InChI=1S/C19H27N5O2/c1-24(2)8-7-21-19-22-17(10-18(25)23-19)16-12-20-11-15(16)13-5-4-6-14(9-13)26-3/h4-6,9-10,15-16,20H,7-8,11-12H2,1-3H3,(H2,21,22,23,25)/t15-,16+/m0/s1. The van der Waals surface area contributed by atoms with Gasteiger partial charge in [-0.15, -0.1) is 0 Å². The van der Waals surface area contributed by atoms with Crippen molar-refractivity contribution in [3.8, 4) is 5.75 Å². The molecule has 1 aliphatic heterocycles. The lowest BCUT2D eigenvalue weighted by Crippen LogP contribution is -2.24. The Hall–Kier alpha value is -2.38. The quantitative estimate of drug-likeness (QED) is 0.691. The van der Waals surface area contributed by atoms with Gasteiger partial charge in [0.15, 0.2) is 0 Å². The Morgan fingerprint density at radius 2 is 2.08 bits per heavy atom. The Morgan fingerprint density at radius 1 is 1.27 bits per heavy atom. The van der Waals surface area contributed by atoms with E-state index >= 15 is 0 Å². The van der Waals surface area contributed by atoms with Crippen LogP contribution in [-0.2, 0) is 0 Å². The number of hydrogen-bond donors (Lipinski definition) is 3. The van der Waals surface area contributed by atoms with Crippen molar-refractivity contribution in [2.75, 3.05) is 52.7 Å². The van der Waals surface area contributed by atoms with E-state index in [0.29, 0.717) is 5.95 Å². The van der Waals surface area contributed by atoms with Gasteiger partial charge in [-0.3, -0.25) is 9.78 Å². The summed E-state index contributed by atoms with van der Waals surface area (Å²) in [7, 11) is 5.70. The van der Waals surface area contributed by atoms with Crippen LogP contribution < -0.4 is 20.9 Å². The predicted molar refractivity (Wildman–Crippen MR) is 103 cm³/mol. The molecule has 1 saturated heterocycles. The highest BCUT2D eigenvalue weighted by Crippen LogP contribution is 2.35. The SMILES string of the molecule is COc1cccc([C@@H]2CNC[C@H]2c2cc(=O)[nH]c(NCCN(C)C)n2)c1. The van der Waals surface area contributed by atoms with Crippen LogP contribution in [0.2, 0.25) is 0 Å². The zero-order chi connectivity index (χ0) is 18.5. The predicted octanol–water partition coefficient (Wildman–Crippen LogP) is 1.22. The van der Waals surface area contributed by atoms with E-state index in [1.54, 1.807) is 13.2 Å². The van der Waals surface area contributed by atoms with Crippen LogP contribution in [0.15, 0.2) is 35.1 Å². The van der Waals surface area contributed by atoms with Crippen LogP contribution in [0.25, 0.3) is 0 Å². The molecule has 3 rings (SSSR count). The van der Waals surface area contributed by atoms with Crippen LogP contribution in [0.4, 0.5) is 5.95 Å². The van der Waals surface area contributed by atoms with Gasteiger partial charge in [0.1, 0.15) is 5.75 Å².